The Kier molecular flexibility index (Phi) is 8.22. The first-order chi connectivity index (χ1) is 10.2. The van der Waals surface area contributed by atoms with Crippen molar-refractivity contribution >= 4 is 35.8 Å². The Balaban J connectivity index is 0.00000242. The van der Waals surface area contributed by atoms with Crippen LogP contribution in [0.2, 0.25) is 0 Å². The van der Waals surface area contributed by atoms with Crippen LogP contribution in [0.4, 0.5) is 0 Å². The lowest BCUT2D eigenvalue weighted by Gasteiger charge is -2.29. The molecule has 2 rings (SSSR count). The van der Waals surface area contributed by atoms with Gasteiger partial charge in [-0.1, -0.05) is 24.3 Å². The quantitative estimate of drug-likeness (QED) is 0.341. The molecule has 0 bridgehead atoms. The van der Waals surface area contributed by atoms with Gasteiger partial charge in [0.15, 0.2) is 5.96 Å². The van der Waals surface area contributed by atoms with Crippen LogP contribution in [0.25, 0.3) is 0 Å². The number of carbonyl (C=O) groups is 1. The van der Waals surface area contributed by atoms with Gasteiger partial charge in [0.05, 0.1) is 0 Å². The van der Waals surface area contributed by atoms with Gasteiger partial charge in [-0.25, -0.2) is 0 Å². The molecule has 0 radical (unpaired) electrons. The molecule has 122 valence electrons. The molecule has 1 aliphatic heterocycles. The van der Waals surface area contributed by atoms with Crippen LogP contribution in [0.15, 0.2) is 29.3 Å². The average molecular weight is 416 g/mol. The van der Waals surface area contributed by atoms with Gasteiger partial charge in [-0.15, -0.1) is 24.0 Å². The zero-order valence-corrected chi connectivity index (χ0v) is 15.6. The molecule has 0 spiro atoms. The van der Waals surface area contributed by atoms with Crippen LogP contribution < -0.4 is 10.6 Å². The molecular formula is C16H25IN4O. The molecule has 0 saturated heterocycles. The monoisotopic (exact) mass is 416 g/mol. The molecule has 1 heterocycles. The second-order valence-corrected chi connectivity index (χ2v) is 5.19. The third-order valence-electron chi connectivity index (χ3n) is 3.80. The fourth-order valence-corrected chi connectivity index (χ4v) is 2.59. The van der Waals surface area contributed by atoms with Crippen molar-refractivity contribution in [3.05, 3.63) is 35.4 Å². The number of hydrogen-bond acceptors (Lipinski definition) is 2. The highest BCUT2D eigenvalue weighted by Crippen LogP contribution is 2.19. The van der Waals surface area contributed by atoms with E-state index in [1.807, 2.05) is 18.0 Å². The van der Waals surface area contributed by atoms with Crippen molar-refractivity contribution in [1.82, 2.24) is 15.5 Å². The standard InChI is InChI=1S/C16H24N4O.HI/c1-17-16(18-2)19-10-5-8-15(21)20-11-9-13-6-3-4-7-14(13)12-20;/h3-4,6-7H,5,8-12H2,1-2H3,(H2,17,18,19);1H. The molecule has 0 aliphatic carbocycles. The van der Waals surface area contributed by atoms with E-state index in [9.17, 15) is 4.79 Å². The molecule has 1 aromatic carbocycles. The van der Waals surface area contributed by atoms with Crippen molar-refractivity contribution in [2.45, 2.75) is 25.8 Å². The minimum absolute atomic E-state index is 0. The molecule has 0 atom stereocenters. The summed E-state index contributed by atoms with van der Waals surface area (Å²) in [5.41, 5.74) is 2.66. The molecule has 2 N–H and O–H groups in total. The van der Waals surface area contributed by atoms with E-state index in [-0.39, 0.29) is 29.9 Å². The van der Waals surface area contributed by atoms with Gasteiger partial charge in [0, 0.05) is 40.2 Å². The van der Waals surface area contributed by atoms with Crippen molar-refractivity contribution in [3.8, 4) is 0 Å². The number of nitrogens with one attached hydrogen (secondary N) is 2. The van der Waals surface area contributed by atoms with Crippen LogP contribution in [0, 0.1) is 0 Å². The van der Waals surface area contributed by atoms with Gasteiger partial charge in [0.25, 0.3) is 0 Å². The third kappa shape index (κ3) is 5.15. The van der Waals surface area contributed by atoms with E-state index in [0.717, 1.165) is 38.4 Å². The third-order valence-corrected chi connectivity index (χ3v) is 3.80. The summed E-state index contributed by atoms with van der Waals surface area (Å²) in [4.78, 5) is 18.2. The number of amides is 1. The predicted molar refractivity (Wildman–Crippen MR) is 101 cm³/mol. The molecule has 1 aromatic rings. The number of aliphatic imine (C=N–C) groups is 1. The maximum atomic E-state index is 12.2. The van der Waals surface area contributed by atoms with Gasteiger partial charge in [-0.05, 0) is 24.0 Å². The summed E-state index contributed by atoms with van der Waals surface area (Å²) < 4.78 is 0. The highest BCUT2D eigenvalue weighted by atomic mass is 127. The maximum absolute atomic E-state index is 12.2. The summed E-state index contributed by atoms with van der Waals surface area (Å²) in [7, 11) is 3.56. The van der Waals surface area contributed by atoms with E-state index in [1.54, 1.807) is 7.05 Å². The first-order valence-electron chi connectivity index (χ1n) is 7.47. The van der Waals surface area contributed by atoms with Crippen LogP contribution in [0.3, 0.4) is 0 Å². The van der Waals surface area contributed by atoms with E-state index < -0.39 is 0 Å². The Labute approximate surface area is 149 Å². The van der Waals surface area contributed by atoms with E-state index >= 15 is 0 Å². The highest BCUT2D eigenvalue weighted by Gasteiger charge is 2.19. The molecule has 0 unspecified atom stereocenters. The normalized spacial score (nSPS) is 13.9. The maximum Gasteiger partial charge on any atom is 0.222 e. The van der Waals surface area contributed by atoms with Crippen molar-refractivity contribution in [1.29, 1.82) is 0 Å². The Morgan fingerprint density at radius 2 is 2.05 bits per heavy atom. The Bertz CT molecular complexity index is 519. The molecule has 22 heavy (non-hydrogen) atoms. The lowest BCUT2D eigenvalue weighted by atomic mass is 9.99. The van der Waals surface area contributed by atoms with E-state index in [2.05, 4.69) is 33.8 Å². The number of hydrogen-bond donors (Lipinski definition) is 2. The highest BCUT2D eigenvalue weighted by molar-refractivity contribution is 14.0. The fraction of sp³-hybridized carbons (Fsp3) is 0.500. The van der Waals surface area contributed by atoms with Gasteiger partial charge in [-0.3, -0.25) is 9.79 Å². The van der Waals surface area contributed by atoms with Crippen molar-refractivity contribution in [2.24, 2.45) is 4.99 Å². The number of fused-ring (bicyclic) bond motifs is 1. The molecule has 0 aromatic heterocycles. The van der Waals surface area contributed by atoms with Crippen LogP contribution in [0.1, 0.15) is 24.0 Å². The largest absolute Gasteiger partial charge is 0.359 e. The SMILES string of the molecule is CN=C(NC)NCCCC(=O)N1CCc2ccccc2C1.I. The summed E-state index contributed by atoms with van der Waals surface area (Å²) in [6.45, 7) is 2.34. The number of halogens is 1. The predicted octanol–water partition coefficient (Wildman–Crippen LogP) is 1.76. The van der Waals surface area contributed by atoms with Crippen molar-refractivity contribution in [2.75, 3.05) is 27.2 Å². The van der Waals surface area contributed by atoms with Crippen molar-refractivity contribution < 1.29 is 4.79 Å². The second-order valence-electron chi connectivity index (χ2n) is 5.19. The van der Waals surface area contributed by atoms with E-state index in [4.69, 9.17) is 0 Å². The topological polar surface area (TPSA) is 56.7 Å². The first-order valence-corrected chi connectivity index (χ1v) is 7.47. The lowest BCUT2D eigenvalue weighted by molar-refractivity contribution is -0.132. The average Bonchev–Trinajstić information content (AvgIpc) is 2.54. The molecule has 0 fully saturated rings. The smallest absolute Gasteiger partial charge is 0.222 e. The van der Waals surface area contributed by atoms with Crippen molar-refractivity contribution in [3.63, 3.8) is 0 Å². The molecule has 1 aliphatic rings. The summed E-state index contributed by atoms with van der Waals surface area (Å²) in [5, 5.41) is 6.12. The van der Waals surface area contributed by atoms with Gasteiger partial charge < -0.3 is 15.5 Å². The zero-order valence-electron chi connectivity index (χ0n) is 13.3. The van der Waals surface area contributed by atoms with Crippen LogP contribution in [0.5, 0.6) is 0 Å². The van der Waals surface area contributed by atoms with Gasteiger partial charge >= 0.3 is 0 Å². The first kappa shape index (κ1) is 18.7. The van der Waals surface area contributed by atoms with E-state index in [0.29, 0.717) is 6.42 Å². The number of benzene rings is 1. The molecule has 5 nitrogen and oxygen atoms in total. The van der Waals surface area contributed by atoms with Crippen LogP contribution in [-0.4, -0.2) is 44.0 Å². The second kappa shape index (κ2) is 9.66. The van der Waals surface area contributed by atoms with Crippen LogP contribution in [-0.2, 0) is 17.8 Å². The van der Waals surface area contributed by atoms with Gasteiger partial charge in [0.1, 0.15) is 0 Å². The summed E-state index contributed by atoms with van der Waals surface area (Å²) in [6, 6.07) is 8.38. The minimum atomic E-state index is 0. The number of nitrogens with zero attached hydrogens (tertiary/aromatic N) is 2. The molecular weight excluding hydrogens is 391 g/mol. The minimum Gasteiger partial charge on any atom is -0.359 e. The molecule has 1 amide bonds. The van der Waals surface area contributed by atoms with Gasteiger partial charge in [0.2, 0.25) is 5.91 Å². The molecule has 0 saturated carbocycles. The number of rotatable bonds is 4. The zero-order chi connectivity index (χ0) is 15.1. The summed E-state index contributed by atoms with van der Waals surface area (Å²) in [6.07, 6.45) is 2.36. The molecule has 6 heteroatoms. The number of guanidine groups is 1. The summed E-state index contributed by atoms with van der Waals surface area (Å²) >= 11 is 0. The summed E-state index contributed by atoms with van der Waals surface area (Å²) in [5.74, 6) is 1.00. The Morgan fingerprint density at radius 1 is 1.32 bits per heavy atom. The lowest BCUT2D eigenvalue weighted by Crippen LogP contribution is -2.37. The fourth-order valence-electron chi connectivity index (χ4n) is 2.59. The Hall–Kier alpha value is -1.31. The van der Waals surface area contributed by atoms with E-state index in [1.165, 1.54) is 11.1 Å². The van der Waals surface area contributed by atoms with Gasteiger partial charge in [-0.2, -0.15) is 0 Å². The Morgan fingerprint density at radius 3 is 2.73 bits per heavy atom. The number of carbonyl (C=O) groups excluding carboxylic acids is 1. The van der Waals surface area contributed by atoms with Crippen LogP contribution >= 0.6 is 24.0 Å².